The SMILES string of the molecule is CCCC(C)(CNCC)CN1CCCC(C)CC1. The molecule has 1 heterocycles. The predicted octanol–water partition coefficient (Wildman–Crippen LogP) is 3.52. The molecule has 0 radical (unpaired) electrons. The zero-order chi connectivity index (χ0) is 13.4. The molecule has 2 unspecified atom stereocenters. The standard InChI is InChI=1S/C16H34N2/c1-5-10-16(4,13-17-6-2)14-18-11-7-8-15(3)9-12-18/h15,17H,5-14H2,1-4H3. The highest BCUT2D eigenvalue weighted by molar-refractivity contribution is 4.82. The van der Waals surface area contributed by atoms with E-state index < -0.39 is 0 Å². The lowest BCUT2D eigenvalue weighted by atomic mass is 9.84. The molecule has 108 valence electrons. The molecule has 1 aliphatic heterocycles. The number of hydrogen-bond acceptors (Lipinski definition) is 2. The summed E-state index contributed by atoms with van der Waals surface area (Å²) in [5.74, 6) is 0.932. The Balaban J connectivity index is 2.47. The minimum atomic E-state index is 0.457. The van der Waals surface area contributed by atoms with Crippen LogP contribution in [0.5, 0.6) is 0 Å². The van der Waals surface area contributed by atoms with Crippen LogP contribution in [0.1, 0.15) is 59.8 Å². The van der Waals surface area contributed by atoms with Gasteiger partial charge in [-0.3, -0.25) is 0 Å². The molecule has 0 aromatic rings. The molecule has 2 heteroatoms. The molecule has 0 saturated carbocycles. The fourth-order valence-corrected chi connectivity index (χ4v) is 3.27. The zero-order valence-electron chi connectivity index (χ0n) is 13.1. The number of rotatable bonds is 7. The van der Waals surface area contributed by atoms with Crippen molar-refractivity contribution in [1.82, 2.24) is 10.2 Å². The van der Waals surface area contributed by atoms with E-state index in [1.54, 1.807) is 0 Å². The first kappa shape index (κ1) is 16.0. The van der Waals surface area contributed by atoms with Gasteiger partial charge in [0.05, 0.1) is 0 Å². The Bertz CT molecular complexity index is 217. The van der Waals surface area contributed by atoms with Crippen LogP contribution in [0.4, 0.5) is 0 Å². The van der Waals surface area contributed by atoms with Crippen LogP contribution in [-0.4, -0.2) is 37.6 Å². The van der Waals surface area contributed by atoms with Gasteiger partial charge in [-0.25, -0.2) is 0 Å². The number of likely N-dealkylation sites (tertiary alicyclic amines) is 1. The zero-order valence-corrected chi connectivity index (χ0v) is 13.1. The molecule has 2 nitrogen and oxygen atoms in total. The maximum absolute atomic E-state index is 3.56. The minimum absolute atomic E-state index is 0.457. The second-order valence-electron chi connectivity index (χ2n) is 6.65. The summed E-state index contributed by atoms with van der Waals surface area (Å²) < 4.78 is 0. The van der Waals surface area contributed by atoms with Crippen molar-refractivity contribution in [2.24, 2.45) is 11.3 Å². The third-order valence-electron chi connectivity index (χ3n) is 4.37. The Morgan fingerprint density at radius 3 is 2.67 bits per heavy atom. The molecule has 1 N–H and O–H groups in total. The molecule has 1 saturated heterocycles. The van der Waals surface area contributed by atoms with Crippen LogP contribution in [0.25, 0.3) is 0 Å². The van der Waals surface area contributed by atoms with E-state index in [0.29, 0.717) is 5.41 Å². The van der Waals surface area contributed by atoms with Gasteiger partial charge in [0.15, 0.2) is 0 Å². The van der Waals surface area contributed by atoms with Gasteiger partial charge in [0.1, 0.15) is 0 Å². The molecule has 0 aromatic heterocycles. The van der Waals surface area contributed by atoms with Crippen molar-refractivity contribution in [1.29, 1.82) is 0 Å². The second-order valence-corrected chi connectivity index (χ2v) is 6.65. The highest BCUT2D eigenvalue weighted by Crippen LogP contribution is 2.26. The third kappa shape index (κ3) is 5.71. The van der Waals surface area contributed by atoms with Crippen LogP contribution in [-0.2, 0) is 0 Å². The van der Waals surface area contributed by atoms with Crippen LogP contribution in [0, 0.1) is 11.3 Å². The van der Waals surface area contributed by atoms with Gasteiger partial charge in [0.25, 0.3) is 0 Å². The monoisotopic (exact) mass is 254 g/mol. The van der Waals surface area contributed by atoms with E-state index in [2.05, 4.69) is 37.9 Å². The van der Waals surface area contributed by atoms with Crippen LogP contribution in [0.15, 0.2) is 0 Å². The minimum Gasteiger partial charge on any atom is -0.316 e. The summed E-state index contributed by atoms with van der Waals surface area (Å²) in [6.07, 6.45) is 6.85. The fourth-order valence-electron chi connectivity index (χ4n) is 3.27. The number of nitrogens with zero attached hydrogens (tertiary/aromatic N) is 1. The molecule has 1 fully saturated rings. The molecule has 0 aliphatic carbocycles. The molecule has 0 spiro atoms. The van der Waals surface area contributed by atoms with Gasteiger partial charge in [0, 0.05) is 13.1 Å². The van der Waals surface area contributed by atoms with Crippen LogP contribution >= 0.6 is 0 Å². The van der Waals surface area contributed by atoms with Crippen molar-refractivity contribution in [2.45, 2.75) is 59.8 Å². The first-order valence-electron chi connectivity index (χ1n) is 8.02. The Kier molecular flexibility index (Phi) is 7.25. The first-order valence-corrected chi connectivity index (χ1v) is 8.02. The topological polar surface area (TPSA) is 15.3 Å². The predicted molar refractivity (Wildman–Crippen MR) is 81.0 cm³/mol. The normalized spacial score (nSPS) is 25.7. The molecular formula is C16H34N2. The van der Waals surface area contributed by atoms with Crippen LogP contribution in [0.3, 0.4) is 0 Å². The summed E-state index contributed by atoms with van der Waals surface area (Å²) in [5.41, 5.74) is 0.457. The average Bonchev–Trinajstić information content (AvgIpc) is 2.52. The van der Waals surface area contributed by atoms with Gasteiger partial charge in [0.2, 0.25) is 0 Å². The van der Waals surface area contributed by atoms with E-state index in [-0.39, 0.29) is 0 Å². The molecule has 0 bridgehead atoms. The number of hydrogen-bond donors (Lipinski definition) is 1. The summed E-state index contributed by atoms with van der Waals surface area (Å²) >= 11 is 0. The van der Waals surface area contributed by atoms with Gasteiger partial charge >= 0.3 is 0 Å². The van der Waals surface area contributed by atoms with Crippen molar-refractivity contribution in [3.63, 3.8) is 0 Å². The summed E-state index contributed by atoms with van der Waals surface area (Å²) in [4.78, 5) is 2.72. The van der Waals surface area contributed by atoms with E-state index in [9.17, 15) is 0 Å². The van der Waals surface area contributed by atoms with Crippen molar-refractivity contribution < 1.29 is 0 Å². The highest BCUT2D eigenvalue weighted by Gasteiger charge is 2.26. The van der Waals surface area contributed by atoms with E-state index in [0.717, 1.165) is 12.5 Å². The summed E-state index contributed by atoms with van der Waals surface area (Å²) in [6.45, 7) is 15.6. The van der Waals surface area contributed by atoms with E-state index >= 15 is 0 Å². The summed E-state index contributed by atoms with van der Waals surface area (Å²) in [5, 5.41) is 3.56. The second kappa shape index (κ2) is 8.16. The fraction of sp³-hybridized carbons (Fsp3) is 1.00. The molecule has 18 heavy (non-hydrogen) atoms. The average molecular weight is 254 g/mol. The van der Waals surface area contributed by atoms with Gasteiger partial charge in [-0.05, 0) is 56.7 Å². The van der Waals surface area contributed by atoms with Crippen molar-refractivity contribution in [2.75, 3.05) is 32.7 Å². The quantitative estimate of drug-likeness (QED) is 0.748. The lowest BCUT2D eigenvalue weighted by Crippen LogP contribution is -2.42. The molecule has 0 amide bonds. The lowest BCUT2D eigenvalue weighted by molar-refractivity contribution is 0.152. The Morgan fingerprint density at radius 1 is 1.22 bits per heavy atom. The molecule has 1 aliphatic rings. The van der Waals surface area contributed by atoms with Gasteiger partial charge in [-0.1, -0.05) is 34.1 Å². The Hall–Kier alpha value is -0.0800. The maximum atomic E-state index is 3.56. The smallest absolute Gasteiger partial charge is 0.00475 e. The van der Waals surface area contributed by atoms with Crippen molar-refractivity contribution >= 4 is 0 Å². The highest BCUT2D eigenvalue weighted by atomic mass is 15.1. The molecule has 2 atom stereocenters. The third-order valence-corrected chi connectivity index (χ3v) is 4.37. The van der Waals surface area contributed by atoms with Crippen molar-refractivity contribution in [3.8, 4) is 0 Å². The first-order chi connectivity index (χ1) is 8.59. The molecule has 0 aromatic carbocycles. The van der Waals surface area contributed by atoms with E-state index in [1.165, 1.54) is 58.3 Å². The Morgan fingerprint density at radius 2 is 2.00 bits per heavy atom. The van der Waals surface area contributed by atoms with E-state index in [1.807, 2.05) is 0 Å². The summed E-state index contributed by atoms with van der Waals surface area (Å²) in [7, 11) is 0. The van der Waals surface area contributed by atoms with Crippen molar-refractivity contribution in [3.05, 3.63) is 0 Å². The van der Waals surface area contributed by atoms with E-state index in [4.69, 9.17) is 0 Å². The lowest BCUT2D eigenvalue weighted by Gasteiger charge is -2.35. The number of nitrogens with one attached hydrogen (secondary N) is 1. The van der Waals surface area contributed by atoms with Gasteiger partial charge in [-0.2, -0.15) is 0 Å². The molecular weight excluding hydrogens is 220 g/mol. The Labute approximate surface area is 115 Å². The maximum Gasteiger partial charge on any atom is 0.00475 e. The largest absolute Gasteiger partial charge is 0.316 e. The van der Waals surface area contributed by atoms with Crippen LogP contribution < -0.4 is 5.32 Å². The van der Waals surface area contributed by atoms with Crippen LogP contribution in [0.2, 0.25) is 0 Å². The van der Waals surface area contributed by atoms with Gasteiger partial charge in [-0.15, -0.1) is 0 Å². The summed E-state index contributed by atoms with van der Waals surface area (Å²) in [6, 6.07) is 0. The molecule has 1 rings (SSSR count). The van der Waals surface area contributed by atoms with Gasteiger partial charge < -0.3 is 10.2 Å².